The third-order valence-corrected chi connectivity index (χ3v) is 5.86. The Morgan fingerprint density at radius 2 is 1.94 bits per heavy atom. The second-order valence-electron chi connectivity index (χ2n) is 8.20. The summed E-state index contributed by atoms with van der Waals surface area (Å²) in [5, 5.41) is 7.12. The number of fused-ring (bicyclic) bond motifs is 1. The fraction of sp³-hybridized carbons (Fsp3) is 0.400. The van der Waals surface area contributed by atoms with E-state index in [1.807, 2.05) is 36.4 Å². The van der Waals surface area contributed by atoms with E-state index in [1.54, 1.807) is 17.9 Å². The van der Waals surface area contributed by atoms with Gasteiger partial charge >= 0.3 is 5.97 Å². The van der Waals surface area contributed by atoms with Crippen LogP contribution in [0.4, 0.5) is 11.4 Å². The maximum absolute atomic E-state index is 13.0. The summed E-state index contributed by atoms with van der Waals surface area (Å²) in [7, 11) is 2.91. The molecule has 1 fully saturated rings. The third kappa shape index (κ3) is 5.37. The average Bonchev–Trinajstić information content (AvgIpc) is 3.15. The zero-order chi connectivity index (χ0) is 23.9. The zero-order valence-corrected chi connectivity index (χ0v) is 19.5. The largest absolute Gasteiger partial charge is 0.464 e. The zero-order valence-electron chi connectivity index (χ0n) is 19.5. The molecule has 1 aromatic carbocycles. The number of hydrogen-bond acceptors (Lipinski definition) is 7. The number of anilines is 2. The Morgan fingerprint density at radius 1 is 1.18 bits per heavy atom. The number of esters is 1. The molecule has 0 spiro atoms. The summed E-state index contributed by atoms with van der Waals surface area (Å²) >= 11 is 0. The van der Waals surface area contributed by atoms with E-state index in [9.17, 15) is 9.59 Å². The number of pyridine rings is 1. The Kier molecular flexibility index (Phi) is 7.76. The normalized spacial score (nSPS) is 14.2. The predicted octanol–water partition coefficient (Wildman–Crippen LogP) is 3.24. The Labute approximate surface area is 198 Å². The van der Waals surface area contributed by atoms with Gasteiger partial charge in [0.1, 0.15) is 5.65 Å². The summed E-state index contributed by atoms with van der Waals surface area (Å²) < 4.78 is 17.5. The van der Waals surface area contributed by atoms with Crippen molar-refractivity contribution in [2.45, 2.75) is 31.8 Å². The van der Waals surface area contributed by atoms with E-state index in [0.717, 1.165) is 24.1 Å². The number of rotatable bonds is 9. The Hall–Kier alpha value is -3.43. The highest BCUT2D eigenvalue weighted by molar-refractivity contribution is 6.11. The molecular formula is C25H30N4O5. The van der Waals surface area contributed by atoms with Gasteiger partial charge in [-0.2, -0.15) is 0 Å². The SMILES string of the molecule is COCCn1c(C(=O)OC)c(NC(=O)Cc2ccccc2)c2cc(NC3CCOCC3)cnc21. The first-order valence-corrected chi connectivity index (χ1v) is 11.4. The Morgan fingerprint density at radius 3 is 2.65 bits per heavy atom. The molecule has 2 N–H and O–H groups in total. The number of hydrogen-bond donors (Lipinski definition) is 2. The molecular weight excluding hydrogens is 436 g/mol. The summed E-state index contributed by atoms with van der Waals surface area (Å²) in [5.41, 5.74) is 2.90. The molecule has 4 rings (SSSR count). The van der Waals surface area contributed by atoms with E-state index in [2.05, 4.69) is 15.6 Å². The van der Waals surface area contributed by atoms with E-state index in [0.29, 0.717) is 43.1 Å². The highest BCUT2D eigenvalue weighted by Crippen LogP contribution is 2.33. The topological polar surface area (TPSA) is 104 Å². The van der Waals surface area contributed by atoms with Crippen LogP contribution in [0.2, 0.25) is 0 Å². The van der Waals surface area contributed by atoms with E-state index < -0.39 is 5.97 Å². The Bertz CT molecular complexity index is 1140. The van der Waals surface area contributed by atoms with E-state index in [4.69, 9.17) is 14.2 Å². The van der Waals surface area contributed by atoms with E-state index in [1.165, 1.54) is 7.11 Å². The van der Waals surface area contributed by atoms with Crippen LogP contribution in [0.25, 0.3) is 11.0 Å². The number of nitrogens with zero attached hydrogens (tertiary/aromatic N) is 2. The van der Waals surface area contributed by atoms with Crippen LogP contribution in [-0.2, 0) is 32.0 Å². The molecule has 0 radical (unpaired) electrons. The van der Waals surface area contributed by atoms with Gasteiger partial charge < -0.3 is 29.4 Å². The predicted molar refractivity (Wildman–Crippen MR) is 129 cm³/mol. The van der Waals surface area contributed by atoms with Crippen molar-refractivity contribution in [1.29, 1.82) is 0 Å². The van der Waals surface area contributed by atoms with Crippen molar-refractivity contribution >= 4 is 34.3 Å². The van der Waals surface area contributed by atoms with Gasteiger partial charge in [0.05, 0.1) is 37.7 Å². The molecule has 1 aliphatic rings. The van der Waals surface area contributed by atoms with Crippen LogP contribution in [0.1, 0.15) is 28.9 Å². The fourth-order valence-corrected chi connectivity index (χ4v) is 4.18. The van der Waals surface area contributed by atoms with Crippen LogP contribution < -0.4 is 10.6 Å². The van der Waals surface area contributed by atoms with Crippen LogP contribution in [0, 0.1) is 0 Å². The summed E-state index contributed by atoms with van der Waals surface area (Å²) in [6, 6.07) is 11.7. The van der Waals surface area contributed by atoms with E-state index in [-0.39, 0.29) is 24.1 Å². The van der Waals surface area contributed by atoms with Crippen LogP contribution in [-0.4, -0.2) is 61.5 Å². The molecule has 9 nitrogen and oxygen atoms in total. The second kappa shape index (κ2) is 11.1. The number of benzene rings is 1. The minimum absolute atomic E-state index is 0.180. The Balaban J connectivity index is 1.73. The molecule has 9 heteroatoms. The number of aromatic nitrogens is 2. The van der Waals surface area contributed by atoms with Gasteiger partial charge in [-0.3, -0.25) is 4.79 Å². The molecule has 3 aromatic rings. The van der Waals surface area contributed by atoms with Gasteiger partial charge in [0.25, 0.3) is 0 Å². The summed E-state index contributed by atoms with van der Waals surface area (Å²) in [6.07, 6.45) is 3.74. The quantitative estimate of drug-likeness (QED) is 0.467. The number of carbonyl (C=O) groups is 2. The van der Waals surface area contributed by atoms with Gasteiger partial charge in [-0.15, -0.1) is 0 Å². The number of nitrogens with one attached hydrogen (secondary N) is 2. The first-order valence-electron chi connectivity index (χ1n) is 11.4. The maximum atomic E-state index is 13.0. The molecule has 2 aromatic heterocycles. The van der Waals surface area contributed by atoms with Gasteiger partial charge in [-0.25, -0.2) is 9.78 Å². The molecule has 0 aliphatic carbocycles. The minimum atomic E-state index is -0.553. The van der Waals surface area contributed by atoms with Gasteiger partial charge in [-0.05, 0) is 24.5 Å². The van der Waals surface area contributed by atoms with Crippen LogP contribution in [0.3, 0.4) is 0 Å². The number of amides is 1. The second-order valence-corrected chi connectivity index (χ2v) is 8.20. The highest BCUT2D eigenvalue weighted by atomic mass is 16.5. The smallest absolute Gasteiger partial charge is 0.356 e. The van der Waals surface area contributed by atoms with E-state index >= 15 is 0 Å². The molecule has 34 heavy (non-hydrogen) atoms. The lowest BCUT2D eigenvalue weighted by Gasteiger charge is -2.24. The van der Waals surface area contributed by atoms with Crippen molar-refractivity contribution in [3.63, 3.8) is 0 Å². The van der Waals surface area contributed by atoms with Crippen molar-refractivity contribution in [3.05, 3.63) is 53.9 Å². The molecule has 0 unspecified atom stereocenters. The molecule has 1 saturated heterocycles. The molecule has 3 heterocycles. The van der Waals surface area contributed by atoms with Gasteiger partial charge in [0.2, 0.25) is 5.91 Å². The number of methoxy groups -OCH3 is 2. The summed E-state index contributed by atoms with van der Waals surface area (Å²) in [5.74, 6) is -0.784. The van der Waals surface area contributed by atoms with Gasteiger partial charge in [0, 0.05) is 38.3 Å². The molecule has 0 atom stereocenters. The monoisotopic (exact) mass is 466 g/mol. The molecule has 1 aliphatic heterocycles. The first-order chi connectivity index (χ1) is 16.6. The lowest BCUT2D eigenvalue weighted by molar-refractivity contribution is -0.115. The lowest BCUT2D eigenvalue weighted by Crippen LogP contribution is -2.27. The van der Waals surface area contributed by atoms with Crippen molar-refractivity contribution in [2.24, 2.45) is 0 Å². The first kappa shape index (κ1) is 23.7. The molecule has 0 saturated carbocycles. The van der Waals surface area contributed by atoms with Crippen LogP contribution in [0.15, 0.2) is 42.6 Å². The highest BCUT2D eigenvalue weighted by Gasteiger charge is 2.26. The summed E-state index contributed by atoms with van der Waals surface area (Å²) in [6.45, 7) is 2.18. The van der Waals surface area contributed by atoms with Crippen molar-refractivity contribution < 1.29 is 23.8 Å². The molecule has 0 bridgehead atoms. The minimum Gasteiger partial charge on any atom is -0.464 e. The number of ether oxygens (including phenoxy) is 3. The maximum Gasteiger partial charge on any atom is 0.356 e. The van der Waals surface area contributed by atoms with Crippen molar-refractivity contribution in [3.8, 4) is 0 Å². The molecule has 180 valence electrons. The molecule has 1 amide bonds. The van der Waals surface area contributed by atoms with Crippen molar-refractivity contribution in [1.82, 2.24) is 9.55 Å². The lowest BCUT2D eigenvalue weighted by atomic mass is 10.1. The van der Waals surface area contributed by atoms with Gasteiger partial charge in [0.15, 0.2) is 5.69 Å². The summed E-state index contributed by atoms with van der Waals surface area (Å²) in [4.78, 5) is 30.4. The van der Waals surface area contributed by atoms with Crippen molar-refractivity contribution in [2.75, 3.05) is 44.7 Å². The van der Waals surface area contributed by atoms with Crippen LogP contribution >= 0.6 is 0 Å². The van der Waals surface area contributed by atoms with Crippen LogP contribution in [0.5, 0.6) is 0 Å². The number of carbonyl (C=O) groups excluding carboxylic acids is 2. The third-order valence-electron chi connectivity index (χ3n) is 5.86. The van der Waals surface area contributed by atoms with Gasteiger partial charge in [-0.1, -0.05) is 30.3 Å². The fourth-order valence-electron chi connectivity index (χ4n) is 4.18. The standard InChI is InChI=1S/C25H30N4O5/c1-32-13-10-29-23(25(31)33-2)22(28-21(30)14-17-6-4-3-5-7-17)20-15-19(16-26-24(20)29)27-18-8-11-34-12-9-18/h3-7,15-16,18,27H,8-14H2,1-2H3,(H,28,30). The average molecular weight is 467 g/mol.